The maximum Gasteiger partial charge on any atom is 0.524 e. The van der Waals surface area contributed by atoms with Crippen LogP contribution in [0.5, 0.6) is 5.75 Å². The highest BCUT2D eigenvalue weighted by Crippen LogP contribution is 2.75. The number of hydrogen-bond donors (Lipinski definition) is 2. The molecule has 5 nitrogen and oxygen atoms in total. The summed E-state index contributed by atoms with van der Waals surface area (Å²) in [5.41, 5.74) is 0.865. The van der Waals surface area contributed by atoms with Crippen LogP contribution in [0.1, 0.15) is 50.5 Å². The van der Waals surface area contributed by atoms with Gasteiger partial charge in [0.05, 0.1) is 5.60 Å². The number of benzene rings is 1. The third-order valence-electron chi connectivity index (χ3n) is 8.11. The average Bonchev–Trinajstić information content (AvgIpc) is 2.53. The molecule has 26 heavy (non-hydrogen) atoms. The molecule has 142 valence electrons. The second kappa shape index (κ2) is 5.57. The van der Waals surface area contributed by atoms with E-state index in [1.165, 1.54) is 38.5 Å². The Hall–Kier alpha value is -0.870. The van der Waals surface area contributed by atoms with Crippen molar-refractivity contribution >= 4 is 7.82 Å². The van der Waals surface area contributed by atoms with Crippen molar-refractivity contribution in [1.82, 2.24) is 0 Å². The minimum absolute atomic E-state index is 0.190. The van der Waals surface area contributed by atoms with Crippen LogP contribution in [0, 0.1) is 29.1 Å². The van der Waals surface area contributed by atoms with Gasteiger partial charge in [-0.05, 0) is 86.3 Å². The molecule has 0 aromatic heterocycles. The first-order chi connectivity index (χ1) is 12.4. The highest BCUT2D eigenvalue weighted by Gasteiger charge is 2.71. The van der Waals surface area contributed by atoms with E-state index in [4.69, 9.17) is 19.0 Å². The van der Waals surface area contributed by atoms with Crippen molar-refractivity contribution in [3.8, 4) is 5.75 Å². The maximum atomic E-state index is 11.3. The highest BCUT2D eigenvalue weighted by molar-refractivity contribution is 7.46. The van der Waals surface area contributed by atoms with E-state index in [0.29, 0.717) is 0 Å². The van der Waals surface area contributed by atoms with Gasteiger partial charge in [-0.15, -0.1) is 0 Å². The van der Waals surface area contributed by atoms with Crippen molar-refractivity contribution in [2.45, 2.75) is 50.5 Å². The summed E-state index contributed by atoms with van der Waals surface area (Å²) in [6.07, 6.45) is 8.93. The molecule has 0 saturated heterocycles. The summed E-state index contributed by atoms with van der Waals surface area (Å²) >= 11 is 0. The maximum absolute atomic E-state index is 11.3. The Bertz CT molecular complexity index is 739. The van der Waals surface area contributed by atoms with Gasteiger partial charge >= 0.3 is 7.82 Å². The van der Waals surface area contributed by atoms with E-state index < -0.39 is 7.82 Å². The molecule has 5 aliphatic rings. The van der Waals surface area contributed by atoms with Crippen molar-refractivity contribution in [2.75, 3.05) is 7.11 Å². The van der Waals surface area contributed by atoms with Crippen molar-refractivity contribution < 1.29 is 23.6 Å². The van der Waals surface area contributed by atoms with Crippen molar-refractivity contribution in [3.63, 3.8) is 0 Å². The lowest BCUT2D eigenvalue weighted by Crippen LogP contribution is -2.68. The molecule has 6 rings (SSSR count). The molecule has 0 amide bonds. The summed E-state index contributed by atoms with van der Waals surface area (Å²) in [5.74, 6) is 3.47. The van der Waals surface area contributed by atoms with Crippen molar-refractivity contribution in [2.24, 2.45) is 29.1 Å². The molecule has 0 radical (unpaired) electrons. The smallest absolute Gasteiger partial charge is 0.404 e. The van der Waals surface area contributed by atoms with Gasteiger partial charge in [0.25, 0.3) is 0 Å². The Morgan fingerprint density at radius 1 is 1.04 bits per heavy atom. The Balaban J connectivity index is 1.55. The molecule has 5 aliphatic carbocycles. The standard InChI is InChI=1S/C20H27O5P/c1-24-20(15-3-2-4-18(12-15)25-26(21,22)23)6-5-19(20)16-8-13-7-14(10-16)11-17(19)9-13/h2-4,12-14,16-17H,5-11H2,1H3,(H2,21,22,23). The van der Waals surface area contributed by atoms with E-state index in [1.807, 2.05) is 19.2 Å². The minimum Gasteiger partial charge on any atom is -0.404 e. The summed E-state index contributed by atoms with van der Waals surface area (Å²) in [6, 6.07) is 7.26. The fraction of sp³-hybridized carbons (Fsp3) is 0.700. The lowest BCUT2D eigenvalue weighted by Gasteiger charge is -2.72. The fourth-order valence-corrected chi connectivity index (χ4v) is 7.89. The van der Waals surface area contributed by atoms with Crippen molar-refractivity contribution in [3.05, 3.63) is 29.8 Å². The van der Waals surface area contributed by atoms with E-state index in [0.717, 1.165) is 35.7 Å². The SMILES string of the molecule is COC1(c2cccc(OP(=O)(O)O)c2)CCC12C1CC3CC(C1)CC2C3. The normalized spacial score (nSPS) is 43.5. The van der Waals surface area contributed by atoms with Gasteiger partial charge in [-0.3, -0.25) is 9.79 Å². The fourth-order valence-electron chi connectivity index (χ4n) is 7.50. The van der Waals surface area contributed by atoms with Crippen LogP contribution in [0.15, 0.2) is 24.3 Å². The van der Waals surface area contributed by atoms with Crippen LogP contribution < -0.4 is 4.52 Å². The minimum atomic E-state index is -4.56. The Labute approximate surface area is 154 Å². The quantitative estimate of drug-likeness (QED) is 0.767. The molecule has 1 aromatic rings. The Morgan fingerprint density at radius 3 is 2.19 bits per heavy atom. The first-order valence-corrected chi connectivity index (χ1v) is 11.3. The number of methoxy groups -OCH3 is 1. The predicted octanol–water partition coefficient (Wildman–Crippen LogP) is 4.24. The molecule has 5 saturated carbocycles. The topological polar surface area (TPSA) is 76.0 Å². The Morgan fingerprint density at radius 2 is 1.69 bits per heavy atom. The van der Waals surface area contributed by atoms with E-state index in [-0.39, 0.29) is 16.8 Å². The summed E-state index contributed by atoms with van der Waals surface area (Å²) < 4.78 is 22.4. The molecule has 5 fully saturated rings. The summed E-state index contributed by atoms with van der Waals surface area (Å²) in [5, 5.41) is 0. The zero-order chi connectivity index (χ0) is 18.2. The molecule has 1 aromatic carbocycles. The van der Waals surface area contributed by atoms with Crippen LogP contribution in [-0.4, -0.2) is 16.9 Å². The summed E-state index contributed by atoms with van der Waals surface area (Å²) in [7, 11) is -2.75. The molecule has 1 atom stereocenters. The second-order valence-corrected chi connectivity index (χ2v) is 10.1. The predicted molar refractivity (Wildman–Crippen MR) is 96.5 cm³/mol. The molecule has 1 spiro atoms. The molecule has 1 unspecified atom stereocenters. The van der Waals surface area contributed by atoms with Gasteiger partial charge in [-0.2, -0.15) is 0 Å². The van der Waals surface area contributed by atoms with E-state index in [1.54, 1.807) is 12.1 Å². The number of rotatable bonds is 4. The third kappa shape index (κ3) is 2.24. The number of ether oxygens (including phenoxy) is 1. The van der Waals surface area contributed by atoms with E-state index >= 15 is 0 Å². The van der Waals surface area contributed by atoms with Crippen LogP contribution in [0.3, 0.4) is 0 Å². The third-order valence-corrected chi connectivity index (χ3v) is 8.56. The lowest BCUT2D eigenvalue weighted by molar-refractivity contribution is -0.293. The lowest BCUT2D eigenvalue weighted by atomic mass is 9.34. The van der Waals surface area contributed by atoms with Gasteiger partial charge in [0.1, 0.15) is 5.75 Å². The van der Waals surface area contributed by atoms with Crippen LogP contribution in [0.25, 0.3) is 0 Å². The molecule has 0 aliphatic heterocycles. The molecule has 2 N–H and O–H groups in total. The summed E-state index contributed by atoms with van der Waals surface area (Å²) in [4.78, 5) is 18.3. The van der Waals surface area contributed by atoms with E-state index in [9.17, 15) is 4.57 Å². The Kier molecular flexibility index (Phi) is 3.70. The van der Waals surface area contributed by atoms with E-state index in [2.05, 4.69) is 0 Å². The molecule has 0 heterocycles. The number of phosphoric acid groups is 1. The monoisotopic (exact) mass is 378 g/mol. The second-order valence-electron chi connectivity index (χ2n) is 8.99. The van der Waals surface area contributed by atoms with Gasteiger partial charge in [0, 0.05) is 12.5 Å². The van der Waals surface area contributed by atoms with Gasteiger partial charge in [-0.1, -0.05) is 12.1 Å². The van der Waals surface area contributed by atoms with Crippen LogP contribution in [0.4, 0.5) is 0 Å². The molecular weight excluding hydrogens is 351 g/mol. The van der Waals surface area contributed by atoms with Crippen LogP contribution in [-0.2, 0) is 14.9 Å². The van der Waals surface area contributed by atoms with Gasteiger partial charge in [0.2, 0.25) is 0 Å². The van der Waals surface area contributed by atoms with Gasteiger partial charge < -0.3 is 9.26 Å². The number of hydrogen-bond acceptors (Lipinski definition) is 3. The molecule has 6 heteroatoms. The molecular formula is C20H27O5P. The first kappa shape index (κ1) is 17.2. The highest BCUT2D eigenvalue weighted by atomic mass is 31.2. The largest absolute Gasteiger partial charge is 0.524 e. The molecule has 4 bridgehead atoms. The van der Waals surface area contributed by atoms with Gasteiger partial charge in [0.15, 0.2) is 0 Å². The summed E-state index contributed by atoms with van der Waals surface area (Å²) in [6.45, 7) is 0. The van der Waals surface area contributed by atoms with Gasteiger partial charge in [-0.25, -0.2) is 4.57 Å². The van der Waals surface area contributed by atoms with Crippen molar-refractivity contribution in [1.29, 1.82) is 0 Å². The van der Waals surface area contributed by atoms with Crippen LogP contribution in [0.2, 0.25) is 0 Å². The number of phosphoric ester groups is 1. The average molecular weight is 378 g/mol. The first-order valence-electron chi connectivity index (χ1n) is 9.77. The zero-order valence-electron chi connectivity index (χ0n) is 15.1. The zero-order valence-corrected chi connectivity index (χ0v) is 16.0. The van der Waals surface area contributed by atoms with Crippen LogP contribution >= 0.6 is 7.82 Å².